The number of methoxy groups -OCH3 is 1. The van der Waals surface area contributed by atoms with E-state index in [2.05, 4.69) is 4.57 Å². The number of aromatic nitrogens is 2. The summed E-state index contributed by atoms with van der Waals surface area (Å²) in [5.74, 6) is 0.205. The lowest BCUT2D eigenvalue weighted by molar-refractivity contribution is -0.143. The molecule has 0 spiro atoms. The summed E-state index contributed by atoms with van der Waals surface area (Å²) < 4.78 is 31.8. The third-order valence-electron chi connectivity index (χ3n) is 8.91. The van der Waals surface area contributed by atoms with E-state index in [4.69, 9.17) is 51.9 Å². The molecule has 14 heteroatoms. The maximum absolute atomic E-state index is 14.4. The highest BCUT2D eigenvalue weighted by Gasteiger charge is 2.34. The number of halogens is 2. The normalized spacial score (nSPS) is 14.0. The van der Waals surface area contributed by atoms with Crippen LogP contribution in [0.3, 0.4) is 0 Å². The second-order valence-corrected chi connectivity index (χ2v) is 14.3. The van der Waals surface area contributed by atoms with E-state index >= 15 is 0 Å². The minimum absolute atomic E-state index is 0.140. The van der Waals surface area contributed by atoms with Gasteiger partial charge in [-0.2, -0.15) is 0 Å². The van der Waals surface area contributed by atoms with Gasteiger partial charge in [0.25, 0.3) is 5.56 Å². The van der Waals surface area contributed by atoms with Crippen LogP contribution in [0, 0.1) is 13.8 Å². The van der Waals surface area contributed by atoms with Gasteiger partial charge < -0.3 is 28.3 Å². The topological polar surface area (TPSA) is 120 Å². The molecule has 1 atom stereocenters. The number of allylic oxidation sites excluding steroid dienone is 1. The van der Waals surface area contributed by atoms with Gasteiger partial charge in [0.15, 0.2) is 22.9 Å². The Balaban J connectivity index is 1.36. The van der Waals surface area contributed by atoms with Crippen LogP contribution >= 0.6 is 34.5 Å². The molecule has 0 amide bonds. The molecule has 0 bridgehead atoms. The number of esters is 2. The Morgan fingerprint density at radius 1 is 0.891 bits per heavy atom. The van der Waals surface area contributed by atoms with Gasteiger partial charge in [-0.15, -0.1) is 0 Å². The number of thiazole rings is 1. The van der Waals surface area contributed by atoms with Gasteiger partial charge in [0, 0.05) is 17.1 Å². The first-order chi connectivity index (χ1) is 26.4. The van der Waals surface area contributed by atoms with E-state index in [1.807, 2.05) is 63.2 Å². The van der Waals surface area contributed by atoms with Crippen LogP contribution in [0.5, 0.6) is 17.2 Å². The highest BCUT2D eigenvalue weighted by molar-refractivity contribution is 7.07. The summed E-state index contributed by atoms with van der Waals surface area (Å²) in [5.41, 5.74) is 5.50. The summed E-state index contributed by atoms with van der Waals surface area (Å²) in [4.78, 5) is 44.8. The van der Waals surface area contributed by atoms with Gasteiger partial charge in [0.05, 0.1) is 52.2 Å². The number of hydrogen-bond donors (Lipinski definition) is 0. The number of ether oxygens (including phenoxy) is 5. The van der Waals surface area contributed by atoms with Crippen LogP contribution in [0.2, 0.25) is 10.0 Å². The van der Waals surface area contributed by atoms with Gasteiger partial charge in [0.2, 0.25) is 0 Å². The molecule has 3 heterocycles. The van der Waals surface area contributed by atoms with Crippen molar-refractivity contribution in [3.63, 3.8) is 0 Å². The van der Waals surface area contributed by atoms with Crippen molar-refractivity contribution in [1.82, 2.24) is 9.13 Å². The van der Waals surface area contributed by atoms with Crippen LogP contribution in [0.1, 0.15) is 54.9 Å². The minimum Gasteiger partial charge on any atom is -0.490 e. The molecule has 0 saturated heterocycles. The van der Waals surface area contributed by atoms with Crippen molar-refractivity contribution >= 4 is 52.6 Å². The molecule has 0 fully saturated rings. The van der Waals surface area contributed by atoms with E-state index in [0.717, 1.165) is 28.2 Å². The number of nitrogens with zero attached hydrogens (tertiary/aromatic N) is 3. The number of carbonyl (C=O) groups excluding carboxylic acids is 2. The highest BCUT2D eigenvalue weighted by Crippen LogP contribution is 2.36. The van der Waals surface area contributed by atoms with E-state index in [9.17, 15) is 14.4 Å². The lowest BCUT2D eigenvalue weighted by atomic mass is 9.95. The molecule has 1 aliphatic rings. The van der Waals surface area contributed by atoms with Crippen molar-refractivity contribution in [2.45, 2.75) is 47.3 Å². The van der Waals surface area contributed by atoms with Gasteiger partial charge >= 0.3 is 11.9 Å². The zero-order valence-electron chi connectivity index (χ0n) is 31.1. The zero-order valence-corrected chi connectivity index (χ0v) is 33.4. The summed E-state index contributed by atoms with van der Waals surface area (Å²) in [6, 6.07) is 19.4. The lowest BCUT2D eigenvalue weighted by Crippen LogP contribution is -2.40. The number of aryl methyl sites for hydroxylation is 1. The number of carbonyl (C=O) groups is 2. The lowest BCUT2D eigenvalue weighted by Gasteiger charge is -2.25. The molecule has 0 unspecified atom stereocenters. The Hall–Kier alpha value is -5.30. The molecule has 6 rings (SSSR count). The third kappa shape index (κ3) is 8.36. The van der Waals surface area contributed by atoms with Gasteiger partial charge in [-0.1, -0.05) is 46.7 Å². The quantitative estimate of drug-likeness (QED) is 0.116. The molecule has 0 saturated carbocycles. The van der Waals surface area contributed by atoms with E-state index in [-0.39, 0.29) is 24.3 Å². The first-order valence-corrected chi connectivity index (χ1v) is 19.0. The number of fused-ring (bicyclic) bond motifs is 1. The highest BCUT2D eigenvalue weighted by atomic mass is 35.5. The van der Waals surface area contributed by atoms with Crippen LogP contribution in [0.15, 0.2) is 87.8 Å². The Kier molecular flexibility index (Phi) is 12.2. The fourth-order valence-electron chi connectivity index (χ4n) is 6.34. The molecule has 1 aliphatic heterocycles. The second kappa shape index (κ2) is 17.0. The average molecular weight is 805 g/mol. The summed E-state index contributed by atoms with van der Waals surface area (Å²) in [6.45, 7) is 9.72. The van der Waals surface area contributed by atoms with E-state index in [1.165, 1.54) is 23.0 Å². The maximum atomic E-state index is 14.4. The van der Waals surface area contributed by atoms with Gasteiger partial charge in [-0.3, -0.25) is 9.36 Å². The Labute approximate surface area is 331 Å². The van der Waals surface area contributed by atoms with Crippen LogP contribution in [-0.4, -0.2) is 48.0 Å². The third-order valence-corrected chi connectivity index (χ3v) is 10.6. The average Bonchev–Trinajstić information content (AvgIpc) is 3.63. The fourth-order valence-corrected chi connectivity index (χ4v) is 7.70. The Bertz CT molecular complexity index is 2480. The van der Waals surface area contributed by atoms with Crippen LogP contribution in [0.4, 0.5) is 0 Å². The Morgan fingerprint density at radius 2 is 1.65 bits per heavy atom. The molecule has 0 N–H and O–H groups in total. The molecule has 0 aliphatic carbocycles. The van der Waals surface area contributed by atoms with E-state index in [0.29, 0.717) is 61.1 Å². The monoisotopic (exact) mass is 803 g/mol. The van der Waals surface area contributed by atoms with Crippen LogP contribution < -0.4 is 29.1 Å². The van der Waals surface area contributed by atoms with Gasteiger partial charge in [-0.25, -0.2) is 14.6 Å². The van der Waals surface area contributed by atoms with Crippen LogP contribution in [-0.2, 0) is 25.7 Å². The molecule has 286 valence electrons. The first kappa shape index (κ1) is 39.4. The summed E-state index contributed by atoms with van der Waals surface area (Å²) in [7, 11) is 1.27. The summed E-state index contributed by atoms with van der Waals surface area (Å²) in [5, 5.41) is 0.967. The van der Waals surface area contributed by atoms with Gasteiger partial charge in [0.1, 0.15) is 12.4 Å². The molecule has 5 aromatic rings. The fraction of sp³-hybridized carbons (Fsp3) is 0.268. The largest absolute Gasteiger partial charge is 0.490 e. The van der Waals surface area contributed by atoms with Gasteiger partial charge in [-0.05, 0) is 112 Å². The molecular weight excluding hydrogens is 765 g/mol. The molecular formula is C41H39Cl2N3O8S. The van der Waals surface area contributed by atoms with E-state index < -0.39 is 18.0 Å². The molecule has 11 nitrogen and oxygen atoms in total. The molecule has 3 aromatic carbocycles. The summed E-state index contributed by atoms with van der Waals surface area (Å²) >= 11 is 13.4. The van der Waals surface area contributed by atoms with Crippen LogP contribution in [0.25, 0.3) is 11.8 Å². The van der Waals surface area contributed by atoms with Crippen molar-refractivity contribution in [3.8, 4) is 22.9 Å². The Morgan fingerprint density at radius 3 is 2.35 bits per heavy atom. The minimum atomic E-state index is -0.879. The number of benzene rings is 3. The van der Waals surface area contributed by atoms with Crippen molar-refractivity contribution in [3.05, 3.63) is 136 Å². The predicted molar refractivity (Wildman–Crippen MR) is 212 cm³/mol. The van der Waals surface area contributed by atoms with Crippen molar-refractivity contribution in [2.24, 2.45) is 4.99 Å². The SMILES string of the molecule is CCOC(=O)C1=C(C)N=c2s/c(=C/c3cc(C)n(-c4ccc(OCc5ccc(Cl)c(Cl)c5)cc4)c3C)c(=O)n2[C@@H]1c1ccc(OCC(=O)OC)c(OCC)c1. The second-order valence-electron chi connectivity index (χ2n) is 12.5. The zero-order chi connectivity index (χ0) is 39.4. The molecule has 0 radical (unpaired) electrons. The first-order valence-electron chi connectivity index (χ1n) is 17.5. The smallest absolute Gasteiger partial charge is 0.343 e. The standard InChI is InChI=1S/C41H39Cl2N3O8S/c1-7-51-34-19-27(10-16-33(34)54-22-36(47)50-6)38-37(40(49)52-8-2)24(4)44-41-46(38)39(48)35(55-41)20-28-17-23(3)45(25(28)5)29-11-13-30(14-12-29)53-21-26-9-15-31(42)32(43)18-26/h9-20,38H,7-8,21-22H2,1-6H3/b35-20+/t38-/m1/s1. The number of hydrogen-bond acceptors (Lipinski definition) is 10. The summed E-state index contributed by atoms with van der Waals surface area (Å²) in [6.07, 6.45) is 1.85. The predicted octanol–water partition coefficient (Wildman–Crippen LogP) is 7.04. The van der Waals surface area contributed by atoms with Crippen molar-refractivity contribution in [2.75, 3.05) is 26.9 Å². The van der Waals surface area contributed by atoms with Crippen molar-refractivity contribution < 1.29 is 33.3 Å². The molecule has 55 heavy (non-hydrogen) atoms. The maximum Gasteiger partial charge on any atom is 0.343 e. The number of rotatable bonds is 13. The van der Waals surface area contributed by atoms with E-state index in [1.54, 1.807) is 44.2 Å². The molecule has 2 aromatic heterocycles. The van der Waals surface area contributed by atoms with Crippen molar-refractivity contribution in [1.29, 1.82) is 0 Å².